The van der Waals surface area contributed by atoms with Crippen LogP contribution in [0.5, 0.6) is 0 Å². The van der Waals surface area contributed by atoms with Crippen molar-refractivity contribution < 1.29 is 8.83 Å². The molecule has 0 amide bonds. The molecule has 0 radical (unpaired) electrons. The van der Waals surface area contributed by atoms with Gasteiger partial charge >= 0.3 is 0 Å². The maximum Gasteiger partial charge on any atom is 0.252 e. The van der Waals surface area contributed by atoms with E-state index in [1.54, 1.807) is 6.07 Å². The lowest BCUT2D eigenvalue weighted by atomic mass is 10.3. The first-order valence-corrected chi connectivity index (χ1v) is 4.89. The van der Waals surface area contributed by atoms with Crippen molar-refractivity contribution in [2.75, 3.05) is 13.6 Å². The highest BCUT2D eigenvalue weighted by atomic mass is 35.5. The van der Waals surface area contributed by atoms with E-state index in [2.05, 4.69) is 15.5 Å². The summed E-state index contributed by atoms with van der Waals surface area (Å²) in [7, 11) is 1.87. The largest absolute Gasteiger partial charge is 0.452 e. The molecule has 0 saturated heterocycles. The molecule has 0 fully saturated rings. The molecular formula is C9H10ClN3O2. The predicted molar refractivity (Wildman–Crippen MR) is 54.6 cm³/mol. The van der Waals surface area contributed by atoms with Crippen LogP contribution in [0.15, 0.2) is 21.2 Å². The Balaban J connectivity index is 2.17. The molecule has 0 aliphatic rings. The van der Waals surface area contributed by atoms with Crippen molar-refractivity contribution in [3.63, 3.8) is 0 Å². The van der Waals surface area contributed by atoms with Gasteiger partial charge in [0.25, 0.3) is 5.89 Å². The number of aromatic nitrogens is 2. The molecule has 0 atom stereocenters. The molecule has 0 saturated carbocycles. The van der Waals surface area contributed by atoms with Crippen LogP contribution in [0.2, 0.25) is 5.22 Å². The topological polar surface area (TPSA) is 64.1 Å². The fourth-order valence-electron chi connectivity index (χ4n) is 1.14. The van der Waals surface area contributed by atoms with Crippen LogP contribution in [0.25, 0.3) is 11.5 Å². The van der Waals surface area contributed by atoms with E-state index in [0.29, 0.717) is 23.8 Å². The highest BCUT2D eigenvalue weighted by Gasteiger charge is 2.13. The lowest BCUT2D eigenvalue weighted by Gasteiger charge is -1.92. The minimum atomic E-state index is 0.263. The molecule has 2 heterocycles. The maximum atomic E-state index is 5.78. The number of rotatable bonds is 4. The summed E-state index contributed by atoms with van der Waals surface area (Å²) >= 11 is 5.78. The zero-order chi connectivity index (χ0) is 10.7. The summed E-state index contributed by atoms with van der Waals surface area (Å²) in [6.45, 7) is 0.792. The number of nitrogens with zero attached hydrogens (tertiary/aromatic N) is 2. The smallest absolute Gasteiger partial charge is 0.252 e. The van der Waals surface area contributed by atoms with Crippen LogP contribution in [0.3, 0.4) is 0 Å². The second-order valence-corrected chi connectivity index (χ2v) is 3.31. The van der Waals surface area contributed by atoms with Crippen molar-refractivity contribution in [2.24, 2.45) is 0 Å². The summed E-state index contributed by atoms with van der Waals surface area (Å²) in [5, 5.41) is 11.0. The van der Waals surface area contributed by atoms with Crippen LogP contribution in [0, 0.1) is 0 Å². The third-order valence-corrected chi connectivity index (χ3v) is 2.20. The van der Waals surface area contributed by atoms with Gasteiger partial charge in [-0.05, 0) is 24.7 Å². The molecule has 0 aliphatic heterocycles. The van der Waals surface area contributed by atoms with Crippen molar-refractivity contribution in [3.05, 3.63) is 23.4 Å². The molecule has 0 aromatic carbocycles. The number of likely N-dealkylation sites (N-methyl/N-ethyl adjacent to an activating group) is 1. The molecule has 2 aromatic rings. The summed E-state index contributed by atoms with van der Waals surface area (Å²) in [4.78, 5) is 0. The standard InChI is InChI=1S/C9H10ClN3O2/c1-11-4-2-7-12-13-9(15-7)6-3-5-14-8(6)10/h3,5,11H,2,4H2,1H3. The molecule has 2 rings (SSSR count). The molecule has 0 bridgehead atoms. The second kappa shape index (κ2) is 4.46. The van der Waals surface area contributed by atoms with Crippen LogP contribution >= 0.6 is 11.6 Å². The zero-order valence-electron chi connectivity index (χ0n) is 8.16. The average Bonchev–Trinajstić information content (AvgIpc) is 2.83. The van der Waals surface area contributed by atoms with E-state index in [-0.39, 0.29) is 5.22 Å². The Morgan fingerprint density at radius 3 is 3.00 bits per heavy atom. The average molecular weight is 228 g/mol. The third-order valence-electron chi connectivity index (χ3n) is 1.90. The van der Waals surface area contributed by atoms with Crippen molar-refractivity contribution in [3.8, 4) is 11.5 Å². The molecule has 0 aliphatic carbocycles. The first kappa shape index (κ1) is 10.2. The maximum absolute atomic E-state index is 5.78. The highest BCUT2D eigenvalue weighted by molar-refractivity contribution is 6.31. The number of hydrogen-bond donors (Lipinski definition) is 1. The van der Waals surface area contributed by atoms with Crippen molar-refractivity contribution >= 4 is 11.6 Å². The van der Waals surface area contributed by atoms with Crippen LogP contribution in [-0.4, -0.2) is 23.8 Å². The van der Waals surface area contributed by atoms with Crippen molar-refractivity contribution in [1.29, 1.82) is 0 Å². The Kier molecular flexibility index (Phi) is 3.03. The van der Waals surface area contributed by atoms with E-state index in [0.717, 1.165) is 6.54 Å². The molecule has 1 N–H and O–H groups in total. The molecule has 0 spiro atoms. The van der Waals surface area contributed by atoms with E-state index in [9.17, 15) is 0 Å². The van der Waals surface area contributed by atoms with Crippen LogP contribution in [-0.2, 0) is 6.42 Å². The van der Waals surface area contributed by atoms with E-state index in [4.69, 9.17) is 20.4 Å². The first-order valence-electron chi connectivity index (χ1n) is 4.51. The van der Waals surface area contributed by atoms with Crippen LogP contribution in [0.1, 0.15) is 5.89 Å². The lowest BCUT2D eigenvalue weighted by molar-refractivity contribution is 0.498. The summed E-state index contributed by atoms with van der Waals surface area (Å²) in [6.07, 6.45) is 2.17. The zero-order valence-corrected chi connectivity index (χ0v) is 8.91. The fourth-order valence-corrected chi connectivity index (χ4v) is 1.34. The molecular weight excluding hydrogens is 218 g/mol. The normalized spacial score (nSPS) is 10.8. The van der Waals surface area contributed by atoms with Gasteiger partial charge in [0.2, 0.25) is 11.1 Å². The third kappa shape index (κ3) is 2.19. The van der Waals surface area contributed by atoms with E-state index < -0.39 is 0 Å². The molecule has 2 aromatic heterocycles. The van der Waals surface area contributed by atoms with Gasteiger partial charge in [0, 0.05) is 13.0 Å². The monoisotopic (exact) mass is 227 g/mol. The summed E-state index contributed by atoms with van der Waals surface area (Å²) < 4.78 is 10.3. The van der Waals surface area contributed by atoms with Gasteiger partial charge in [0.1, 0.15) is 0 Å². The van der Waals surface area contributed by atoms with Crippen molar-refractivity contribution in [1.82, 2.24) is 15.5 Å². The highest BCUT2D eigenvalue weighted by Crippen LogP contribution is 2.27. The van der Waals surface area contributed by atoms with E-state index >= 15 is 0 Å². The molecule has 15 heavy (non-hydrogen) atoms. The Labute approximate surface area is 91.4 Å². The van der Waals surface area contributed by atoms with Gasteiger partial charge in [0.15, 0.2) is 0 Å². The quantitative estimate of drug-likeness (QED) is 0.862. The Morgan fingerprint density at radius 2 is 2.33 bits per heavy atom. The lowest BCUT2D eigenvalue weighted by Crippen LogP contribution is -2.10. The number of halogens is 1. The van der Waals surface area contributed by atoms with E-state index in [1.165, 1.54) is 6.26 Å². The first-order chi connectivity index (χ1) is 7.31. The van der Waals surface area contributed by atoms with Gasteiger partial charge in [-0.15, -0.1) is 10.2 Å². The summed E-state index contributed by atoms with van der Waals surface area (Å²) in [5.74, 6) is 0.969. The summed E-state index contributed by atoms with van der Waals surface area (Å²) in [5.41, 5.74) is 0.625. The Morgan fingerprint density at radius 1 is 1.47 bits per heavy atom. The van der Waals surface area contributed by atoms with Gasteiger partial charge in [-0.3, -0.25) is 0 Å². The van der Waals surface area contributed by atoms with Crippen molar-refractivity contribution in [2.45, 2.75) is 6.42 Å². The molecule has 6 heteroatoms. The SMILES string of the molecule is CNCCc1nnc(-c2ccoc2Cl)o1. The van der Waals surface area contributed by atoms with Crippen LogP contribution < -0.4 is 5.32 Å². The minimum absolute atomic E-state index is 0.263. The number of furan rings is 1. The number of hydrogen-bond acceptors (Lipinski definition) is 5. The van der Waals surface area contributed by atoms with Gasteiger partial charge in [0.05, 0.1) is 11.8 Å². The Hall–Kier alpha value is -1.33. The molecule has 80 valence electrons. The fraction of sp³-hybridized carbons (Fsp3) is 0.333. The van der Waals surface area contributed by atoms with Crippen LogP contribution in [0.4, 0.5) is 0 Å². The Bertz CT molecular complexity index is 438. The second-order valence-electron chi connectivity index (χ2n) is 2.96. The molecule has 0 unspecified atom stereocenters. The van der Waals surface area contributed by atoms with Gasteiger partial charge in [-0.2, -0.15) is 0 Å². The van der Waals surface area contributed by atoms with Gasteiger partial charge in [-0.25, -0.2) is 0 Å². The summed E-state index contributed by atoms with van der Waals surface area (Å²) in [6, 6.07) is 1.69. The van der Waals surface area contributed by atoms with Gasteiger partial charge in [-0.1, -0.05) is 0 Å². The predicted octanol–water partition coefficient (Wildman–Crippen LogP) is 1.74. The van der Waals surface area contributed by atoms with Gasteiger partial charge < -0.3 is 14.2 Å². The molecule has 5 nitrogen and oxygen atoms in total. The van der Waals surface area contributed by atoms with E-state index in [1.807, 2.05) is 7.05 Å². The minimum Gasteiger partial charge on any atom is -0.452 e. The number of nitrogens with one attached hydrogen (secondary N) is 1.